The molecule has 6 nitrogen and oxygen atoms in total. The molecule has 0 aliphatic carbocycles. The number of anilines is 1. The van der Waals surface area contributed by atoms with E-state index in [4.69, 9.17) is 4.42 Å². The van der Waals surface area contributed by atoms with Gasteiger partial charge in [-0.15, -0.1) is 0 Å². The molecule has 1 aromatic heterocycles. The topological polar surface area (TPSA) is 79.6 Å². The lowest BCUT2D eigenvalue weighted by Crippen LogP contribution is -2.54. The Morgan fingerprint density at radius 2 is 1.96 bits per heavy atom. The number of amides is 4. The van der Waals surface area contributed by atoms with Gasteiger partial charge in [-0.1, -0.05) is 12.1 Å². The van der Waals surface area contributed by atoms with Gasteiger partial charge in [0.15, 0.2) is 3.77 Å². The molecule has 2 heterocycles. The smallest absolute Gasteiger partial charge is 0.336 e. The average Bonchev–Trinajstić information content (AvgIpc) is 2.83. The van der Waals surface area contributed by atoms with Gasteiger partial charge in [0.05, 0.1) is 10.2 Å². The molecule has 0 spiro atoms. The van der Waals surface area contributed by atoms with Crippen LogP contribution < -0.4 is 10.2 Å². The molecule has 4 amide bonds. The number of benzene rings is 1. The van der Waals surface area contributed by atoms with Gasteiger partial charge in [-0.25, -0.2) is 14.1 Å². The van der Waals surface area contributed by atoms with Crippen LogP contribution in [0.5, 0.6) is 0 Å². The first-order valence-corrected chi connectivity index (χ1v) is 8.36. The van der Waals surface area contributed by atoms with Crippen molar-refractivity contribution in [3.8, 4) is 0 Å². The number of carbonyl (C=O) groups excluding carboxylic acids is 3. The molecule has 122 valence electrons. The van der Waals surface area contributed by atoms with E-state index < -0.39 is 23.7 Å². The summed E-state index contributed by atoms with van der Waals surface area (Å²) in [5, 5.41) is 2.01. The molecular weight excluding hydrogens is 498 g/mol. The molecular formula is C15H7BrFIN2O4. The minimum Gasteiger partial charge on any atom is -0.450 e. The number of furan rings is 1. The van der Waals surface area contributed by atoms with Crippen molar-refractivity contribution in [1.82, 2.24) is 5.32 Å². The number of urea groups is 1. The highest BCUT2D eigenvalue weighted by Crippen LogP contribution is 2.27. The molecule has 1 aliphatic heterocycles. The predicted octanol–water partition coefficient (Wildman–Crippen LogP) is 3.45. The molecule has 1 saturated heterocycles. The monoisotopic (exact) mass is 504 g/mol. The Hall–Kier alpha value is -2.01. The largest absolute Gasteiger partial charge is 0.450 e. The van der Waals surface area contributed by atoms with Crippen molar-refractivity contribution in [2.45, 2.75) is 0 Å². The van der Waals surface area contributed by atoms with Gasteiger partial charge < -0.3 is 4.42 Å². The van der Waals surface area contributed by atoms with Crippen LogP contribution in [0.25, 0.3) is 6.08 Å². The van der Waals surface area contributed by atoms with E-state index in [0.29, 0.717) is 13.1 Å². The van der Waals surface area contributed by atoms with Crippen molar-refractivity contribution in [2.75, 3.05) is 4.90 Å². The summed E-state index contributed by atoms with van der Waals surface area (Å²) in [5.74, 6) is -2.32. The fourth-order valence-corrected chi connectivity index (χ4v) is 2.80. The summed E-state index contributed by atoms with van der Waals surface area (Å²) in [4.78, 5) is 37.1. The highest BCUT2D eigenvalue weighted by atomic mass is 127. The Kier molecular flexibility index (Phi) is 4.54. The zero-order valence-electron chi connectivity index (χ0n) is 11.7. The number of imide groups is 2. The molecule has 9 heteroatoms. The maximum Gasteiger partial charge on any atom is 0.336 e. The van der Waals surface area contributed by atoms with E-state index in [0.717, 1.165) is 6.07 Å². The first-order chi connectivity index (χ1) is 11.4. The first kappa shape index (κ1) is 16.8. The van der Waals surface area contributed by atoms with Crippen LogP contribution in [-0.2, 0) is 9.59 Å². The van der Waals surface area contributed by atoms with E-state index in [9.17, 15) is 18.8 Å². The van der Waals surface area contributed by atoms with Gasteiger partial charge in [0, 0.05) is 22.6 Å². The number of para-hydroxylation sites is 1. The number of hydrogen-bond acceptors (Lipinski definition) is 4. The van der Waals surface area contributed by atoms with Crippen molar-refractivity contribution < 1.29 is 23.2 Å². The Morgan fingerprint density at radius 3 is 2.58 bits per heavy atom. The van der Waals surface area contributed by atoms with Gasteiger partial charge in [0.2, 0.25) is 0 Å². The molecule has 0 bridgehead atoms. The lowest BCUT2D eigenvalue weighted by atomic mass is 10.1. The Balaban J connectivity index is 2.05. The molecule has 1 fully saturated rings. The second kappa shape index (κ2) is 6.48. The third-order valence-electron chi connectivity index (χ3n) is 3.15. The van der Waals surface area contributed by atoms with E-state index >= 15 is 0 Å². The minimum atomic E-state index is -1.01. The summed E-state index contributed by atoms with van der Waals surface area (Å²) in [6, 6.07) is 5.84. The maximum atomic E-state index is 13.9. The quantitative estimate of drug-likeness (QED) is 0.386. The standard InChI is InChI=1S/C15H7BrFIN2O4/c16-9-6-7(24-12(9)18)5-8-13(21)19-15(23)20(14(8)22)11-4-2-1-3-10(11)17/h1-6H,(H,19,21,23)/b8-5+. The molecule has 1 aromatic carbocycles. The van der Waals surface area contributed by atoms with Crippen molar-refractivity contribution in [3.63, 3.8) is 0 Å². The summed E-state index contributed by atoms with van der Waals surface area (Å²) in [7, 11) is 0. The number of halogens is 3. The third kappa shape index (κ3) is 3.00. The van der Waals surface area contributed by atoms with E-state index in [-0.39, 0.29) is 17.0 Å². The van der Waals surface area contributed by atoms with Gasteiger partial charge in [-0.2, -0.15) is 0 Å². The molecule has 0 atom stereocenters. The van der Waals surface area contributed by atoms with Crippen LogP contribution >= 0.6 is 38.5 Å². The van der Waals surface area contributed by atoms with Crippen LogP contribution in [0.2, 0.25) is 0 Å². The fraction of sp³-hybridized carbons (Fsp3) is 0. The third-order valence-corrected chi connectivity index (χ3v) is 5.28. The van der Waals surface area contributed by atoms with Gasteiger partial charge >= 0.3 is 6.03 Å². The number of nitrogens with zero attached hydrogens (tertiary/aromatic N) is 1. The normalized spacial score (nSPS) is 16.7. The van der Waals surface area contributed by atoms with Crippen LogP contribution in [0, 0.1) is 9.58 Å². The maximum absolute atomic E-state index is 13.9. The molecule has 0 saturated carbocycles. The molecule has 1 N–H and O–H groups in total. The molecule has 1 aliphatic rings. The number of carbonyl (C=O) groups is 3. The van der Waals surface area contributed by atoms with Crippen molar-refractivity contribution in [1.29, 1.82) is 0 Å². The van der Waals surface area contributed by atoms with Crippen LogP contribution in [0.4, 0.5) is 14.9 Å². The van der Waals surface area contributed by atoms with E-state index in [2.05, 4.69) is 15.9 Å². The Labute approximate surface area is 157 Å². The highest BCUT2D eigenvalue weighted by Gasteiger charge is 2.38. The second-order valence-electron chi connectivity index (χ2n) is 4.68. The van der Waals surface area contributed by atoms with Gasteiger partial charge in [0.25, 0.3) is 11.8 Å². The van der Waals surface area contributed by atoms with Gasteiger partial charge in [0.1, 0.15) is 17.2 Å². The van der Waals surface area contributed by atoms with Crippen molar-refractivity contribution in [2.24, 2.45) is 0 Å². The predicted molar refractivity (Wildman–Crippen MR) is 94.5 cm³/mol. The Morgan fingerprint density at radius 1 is 1.25 bits per heavy atom. The van der Waals surface area contributed by atoms with Gasteiger partial charge in [-0.05, 0) is 40.2 Å². The van der Waals surface area contributed by atoms with Crippen molar-refractivity contribution >= 4 is 68.1 Å². The average molecular weight is 505 g/mol. The number of nitrogens with one attached hydrogen (secondary N) is 1. The summed E-state index contributed by atoms with van der Waals surface area (Å²) in [5.41, 5.74) is -0.580. The molecule has 0 unspecified atom stereocenters. The summed E-state index contributed by atoms with van der Waals surface area (Å²) in [6.07, 6.45) is 1.20. The lowest BCUT2D eigenvalue weighted by Gasteiger charge is -2.26. The SMILES string of the molecule is O=C1NC(=O)N(c2ccccc2F)C(=O)/C1=C/c1cc(Br)c(I)o1. The van der Waals surface area contributed by atoms with Crippen LogP contribution in [0.3, 0.4) is 0 Å². The molecule has 3 rings (SSSR count). The van der Waals surface area contributed by atoms with Crippen molar-refractivity contribution in [3.05, 3.63) is 55.7 Å². The zero-order chi connectivity index (χ0) is 17.4. The molecule has 24 heavy (non-hydrogen) atoms. The zero-order valence-corrected chi connectivity index (χ0v) is 15.4. The first-order valence-electron chi connectivity index (χ1n) is 6.49. The molecule has 2 aromatic rings. The van der Waals surface area contributed by atoms with E-state index in [1.165, 1.54) is 24.3 Å². The number of barbiturate groups is 1. The van der Waals surface area contributed by atoms with Gasteiger partial charge in [-0.3, -0.25) is 14.9 Å². The summed E-state index contributed by atoms with van der Waals surface area (Å²) in [6.45, 7) is 0. The van der Waals surface area contributed by atoms with Crippen LogP contribution in [-0.4, -0.2) is 17.8 Å². The molecule has 0 radical (unpaired) electrons. The fourth-order valence-electron chi connectivity index (χ4n) is 2.09. The minimum absolute atomic E-state index is 0.242. The highest BCUT2D eigenvalue weighted by molar-refractivity contribution is 14.1. The lowest BCUT2D eigenvalue weighted by molar-refractivity contribution is -0.122. The number of rotatable bonds is 2. The summed E-state index contributed by atoms with van der Waals surface area (Å²) < 4.78 is 20.5. The Bertz CT molecular complexity index is 889. The van der Waals surface area contributed by atoms with E-state index in [1.807, 2.05) is 27.9 Å². The van der Waals surface area contributed by atoms with Crippen LogP contribution in [0.1, 0.15) is 5.76 Å². The second-order valence-corrected chi connectivity index (χ2v) is 6.51. The number of hydrogen-bond donors (Lipinski definition) is 1. The van der Waals surface area contributed by atoms with E-state index in [1.54, 1.807) is 6.07 Å². The summed E-state index contributed by atoms with van der Waals surface area (Å²) >= 11 is 5.18. The van der Waals surface area contributed by atoms with Crippen LogP contribution in [0.15, 0.2) is 44.8 Å².